The lowest BCUT2D eigenvalue weighted by atomic mass is 9.95. The molecule has 0 saturated heterocycles. The first-order valence-electron chi connectivity index (χ1n) is 9.29. The smallest absolute Gasteiger partial charge is 0.266 e. The van der Waals surface area contributed by atoms with Gasteiger partial charge in [-0.25, -0.2) is 0 Å². The molecule has 0 aliphatic carbocycles. The highest BCUT2D eigenvalue weighted by Crippen LogP contribution is 2.43. The van der Waals surface area contributed by atoms with Crippen molar-refractivity contribution >= 4 is 48.3 Å². The van der Waals surface area contributed by atoms with Gasteiger partial charge < -0.3 is 15.5 Å². The Kier molecular flexibility index (Phi) is 5.27. The fourth-order valence-electron chi connectivity index (χ4n) is 3.56. The predicted molar refractivity (Wildman–Crippen MR) is 121 cm³/mol. The van der Waals surface area contributed by atoms with E-state index in [1.54, 1.807) is 0 Å². The summed E-state index contributed by atoms with van der Waals surface area (Å²) in [6, 6.07) is 12.3. The van der Waals surface area contributed by atoms with E-state index < -0.39 is 0 Å². The molecular weight excluding hydrogens is 436 g/mol. The summed E-state index contributed by atoms with van der Waals surface area (Å²) in [5.74, 6) is 0.786. The first-order valence-corrected chi connectivity index (χ1v) is 11.0. The van der Waals surface area contributed by atoms with Crippen LogP contribution >= 0.6 is 27.3 Å². The molecule has 0 saturated carbocycles. The number of thiophene rings is 1. The summed E-state index contributed by atoms with van der Waals surface area (Å²) in [6.07, 6.45) is 0.890. The quantitative estimate of drug-likeness (QED) is 0.387. The molecular formula is C22H21BrN2O2S. The number of ether oxygens (including phenoxy) is 1. The minimum Gasteiger partial charge on any atom is -0.493 e. The summed E-state index contributed by atoms with van der Waals surface area (Å²) in [5.41, 5.74) is 10.0. The van der Waals surface area contributed by atoms with Crippen LogP contribution in [0, 0.1) is 0 Å². The molecule has 0 aliphatic heterocycles. The number of halogens is 1. The molecule has 1 unspecified atom stereocenters. The van der Waals surface area contributed by atoms with Crippen molar-refractivity contribution in [2.24, 2.45) is 5.73 Å². The lowest BCUT2D eigenvalue weighted by molar-refractivity contribution is 0.342. The maximum Gasteiger partial charge on any atom is 0.266 e. The minimum absolute atomic E-state index is 0.0296. The Morgan fingerprint density at radius 3 is 2.64 bits per heavy atom. The van der Waals surface area contributed by atoms with Crippen LogP contribution in [-0.2, 0) is 0 Å². The number of hydrogen-bond acceptors (Lipinski definition) is 4. The van der Waals surface area contributed by atoms with Gasteiger partial charge >= 0.3 is 0 Å². The van der Waals surface area contributed by atoms with Crippen molar-refractivity contribution in [2.45, 2.75) is 26.3 Å². The summed E-state index contributed by atoms with van der Waals surface area (Å²) in [5, 5.41) is 3.88. The maximum atomic E-state index is 12.5. The van der Waals surface area contributed by atoms with Gasteiger partial charge in [-0.2, -0.15) is 0 Å². The van der Waals surface area contributed by atoms with Crippen molar-refractivity contribution in [3.63, 3.8) is 0 Å². The molecule has 0 amide bonds. The van der Waals surface area contributed by atoms with Crippen LogP contribution in [0.5, 0.6) is 5.75 Å². The zero-order valence-corrected chi connectivity index (χ0v) is 18.1. The summed E-state index contributed by atoms with van der Waals surface area (Å²) in [4.78, 5) is 15.5. The predicted octanol–water partition coefficient (Wildman–Crippen LogP) is 5.98. The average molecular weight is 457 g/mol. The van der Waals surface area contributed by atoms with Gasteiger partial charge in [0.15, 0.2) is 0 Å². The highest BCUT2D eigenvalue weighted by atomic mass is 79.9. The fraction of sp³-hybridized carbons (Fsp3) is 0.227. The van der Waals surface area contributed by atoms with Gasteiger partial charge in [-0.15, -0.1) is 11.3 Å². The molecule has 2 aromatic heterocycles. The zero-order chi connectivity index (χ0) is 19.8. The number of rotatable bonds is 5. The molecule has 28 heavy (non-hydrogen) atoms. The second-order valence-corrected chi connectivity index (χ2v) is 8.44. The van der Waals surface area contributed by atoms with Crippen molar-refractivity contribution in [3.05, 3.63) is 62.2 Å². The van der Waals surface area contributed by atoms with E-state index in [2.05, 4.69) is 52.1 Å². The average Bonchev–Trinajstić information content (AvgIpc) is 3.20. The lowest BCUT2D eigenvalue weighted by Crippen LogP contribution is -2.08. The molecule has 2 aromatic carbocycles. The molecule has 6 heteroatoms. The molecule has 4 aromatic rings. The Morgan fingerprint density at radius 2 is 1.96 bits per heavy atom. The molecule has 0 spiro atoms. The Hall–Kier alpha value is -2.15. The van der Waals surface area contributed by atoms with Crippen LogP contribution in [0.25, 0.3) is 32.1 Å². The molecule has 0 radical (unpaired) electrons. The van der Waals surface area contributed by atoms with Crippen LogP contribution in [-0.4, -0.2) is 11.6 Å². The molecule has 3 N–H and O–H groups in total. The summed E-state index contributed by atoms with van der Waals surface area (Å²) >= 11 is 5.06. The van der Waals surface area contributed by atoms with E-state index >= 15 is 0 Å². The van der Waals surface area contributed by atoms with E-state index in [-0.39, 0.29) is 11.6 Å². The standard InChI is InChI=1S/C22H21BrN2O2S/c1-3-16(24)12-5-7-13(8-6-12)18-17(27-4-2)11-15(23)20-19(18)14-9-10-28-21(14)22(26)25-20/h5-11,16H,3-4,24H2,1-2H3,(H,25,26). The van der Waals surface area contributed by atoms with E-state index in [0.29, 0.717) is 6.61 Å². The third-order valence-electron chi connectivity index (χ3n) is 4.99. The van der Waals surface area contributed by atoms with E-state index in [9.17, 15) is 4.79 Å². The Labute approximate surface area is 175 Å². The highest BCUT2D eigenvalue weighted by molar-refractivity contribution is 9.10. The molecule has 4 rings (SSSR count). The second kappa shape index (κ2) is 7.70. The second-order valence-electron chi connectivity index (χ2n) is 6.67. The molecule has 144 valence electrons. The Morgan fingerprint density at radius 1 is 1.21 bits per heavy atom. The monoisotopic (exact) mass is 456 g/mol. The van der Waals surface area contributed by atoms with Crippen LogP contribution in [0.3, 0.4) is 0 Å². The molecule has 0 fully saturated rings. The minimum atomic E-state index is -0.0717. The lowest BCUT2D eigenvalue weighted by Gasteiger charge is -2.17. The number of nitrogens with two attached hydrogens (primary N) is 1. The number of aromatic amines is 1. The summed E-state index contributed by atoms with van der Waals surface area (Å²) < 4.78 is 7.52. The SMILES string of the molecule is CCOc1cc(Br)c2[nH]c(=O)c3sccc3c2c1-c1ccc(C(N)CC)cc1. The zero-order valence-electron chi connectivity index (χ0n) is 15.7. The highest BCUT2D eigenvalue weighted by Gasteiger charge is 2.19. The van der Waals surface area contributed by atoms with Crippen molar-refractivity contribution in [1.82, 2.24) is 4.98 Å². The van der Waals surface area contributed by atoms with Gasteiger partial charge in [0.05, 0.1) is 12.1 Å². The number of aromatic nitrogens is 1. The fourth-order valence-corrected chi connectivity index (χ4v) is 4.86. The number of pyridine rings is 1. The van der Waals surface area contributed by atoms with Crippen LogP contribution in [0.1, 0.15) is 31.9 Å². The van der Waals surface area contributed by atoms with E-state index in [1.165, 1.54) is 11.3 Å². The van der Waals surface area contributed by atoms with Crippen molar-refractivity contribution in [3.8, 4) is 16.9 Å². The van der Waals surface area contributed by atoms with Gasteiger partial charge in [0.1, 0.15) is 10.4 Å². The molecule has 2 heterocycles. The van der Waals surface area contributed by atoms with E-state index in [0.717, 1.165) is 54.3 Å². The first kappa shape index (κ1) is 19.2. The van der Waals surface area contributed by atoms with Gasteiger partial charge in [0, 0.05) is 26.9 Å². The largest absolute Gasteiger partial charge is 0.493 e. The van der Waals surface area contributed by atoms with Crippen molar-refractivity contribution in [2.75, 3.05) is 6.61 Å². The number of fused-ring (bicyclic) bond motifs is 3. The van der Waals surface area contributed by atoms with Gasteiger partial charge in [-0.3, -0.25) is 4.79 Å². The normalized spacial score (nSPS) is 12.6. The number of hydrogen-bond donors (Lipinski definition) is 2. The third kappa shape index (κ3) is 3.15. The van der Waals surface area contributed by atoms with Gasteiger partial charge in [-0.1, -0.05) is 31.2 Å². The van der Waals surface area contributed by atoms with Gasteiger partial charge in [-0.05, 0) is 57.9 Å². The van der Waals surface area contributed by atoms with Crippen LogP contribution in [0.15, 0.2) is 51.0 Å². The van der Waals surface area contributed by atoms with Crippen LogP contribution < -0.4 is 16.0 Å². The number of nitrogens with one attached hydrogen (secondary N) is 1. The maximum absolute atomic E-state index is 12.5. The molecule has 1 atom stereocenters. The molecule has 0 bridgehead atoms. The summed E-state index contributed by atoms with van der Waals surface area (Å²) in [6.45, 7) is 4.61. The number of H-pyrrole nitrogens is 1. The summed E-state index contributed by atoms with van der Waals surface area (Å²) in [7, 11) is 0. The topological polar surface area (TPSA) is 68.1 Å². The molecule has 0 aliphatic rings. The molecule has 4 nitrogen and oxygen atoms in total. The Balaban J connectivity index is 2.08. The van der Waals surface area contributed by atoms with Crippen molar-refractivity contribution < 1.29 is 4.74 Å². The number of benzene rings is 2. The van der Waals surface area contributed by atoms with Crippen LogP contribution in [0.2, 0.25) is 0 Å². The van der Waals surface area contributed by atoms with Gasteiger partial charge in [0.2, 0.25) is 0 Å². The Bertz CT molecular complexity index is 1210. The third-order valence-corrected chi connectivity index (χ3v) is 6.53. The van der Waals surface area contributed by atoms with E-state index in [1.807, 2.05) is 24.4 Å². The van der Waals surface area contributed by atoms with Gasteiger partial charge in [0.25, 0.3) is 5.56 Å². The van der Waals surface area contributed by atoms with Crippen LogP contribution in [0.4, 0.5) is 0 Å². The van der Waals surface area contributed by atoms with Crippen molar-refractivity contribution in [1.29, 1.82) is 0 Å². The first-order chi connectivity index (χ1) is 13.5. The van der Waals surface area contributed by atoms with E-state index in [4.69, 9.17) is 10.5 Å².